The van der Waals surface area contributed by atoms with E-state index in [0.717, 1.165) is 16.5 Å². The molecule has 1 aromatic heterocycles. The molecule has 0 saturated heterocycles. The van der Waals surface area contributed by atoms with Crippen molar-refractivity contribution in [1.82, 2.24) is 0 Å². The number of hydrogen-bond donors (Lipinski definition) is 2. The van der Waals surface area contributed by atoms with Crippen LogP contribution in [0.5, 0.6) is 0 Å². The molecule has 102 valence electrons. The summed E-state index contributed by atoms with van der Waals surface area (Å²) >= 11 is 1.62. The fourth-order valence-electron chi connectivity index (χ4n) is 1.68. The zero-order chi connectivity index (χ0) is 13.8. The minimum Gasteiger partial charge on any atom is -0.462 e. The number of aliphatic hydroxyl groups is 1. The lowest BCUT2D eigenvalue weighted by atomic mass is 10.1. The van der Waals surface area contributed by atoms with Crippen LogP contribution in [-0.4, -0.2) is 23.7 Å². The molecule has 0 aliphatic rings. The number of fused-ring (bicyclic) bond motifs is 1. The van der Waals surface area contributed by atoms with Crippen molar-refractivity contribution in [2.24, 2.45) is 5.73 Å². The Morgan fingerprint density at radius 3 is 3.00 bits per heavy atom. The summed E-state index contributed by atoms with van der Waals surface area (Å²) in [6, 6.07) is 7.20. The molecule has 0 saturated carbocycles. The van der Waals surface area contributed by atoms with Crippen molar-refractivity contribution in [2.45, 2.75) is 25.5 Å². The molecule has 0 radical (unpaired) electrons. The Morgan fingerprint density at radius 1 is 1.47 bits per heavy atom. The van der Waals surface area contributed by atoms with E-state index in [4.69, 9.17) is 10.5 Å². The Labute approximate surface area is 115 Å². The molecule has 1 aromatic carbocycles. The SMILES string of the molecule is CC[C@@H](N)COC(=O)C(O)c1ccc2sccc2c1. The highest BCUT2D eigenvalue weighted by Crippen LogP contribution is 2.25. The number of thiophene rings is 1. The van der Waals surface area contributed by atoms with Gasteiger partial charge in [0.25, 0.3) is 0 Å². The van der Waals surface area contributed by atoms with Gasteiger partial charge in [-0.3, -0.25) is 0 Å². The second-order valence-corrected chi connectivity index (χ2v) is 5.37. The molecule has 1 unspecified atom stereocenters. The Hall–Kier alpha value is -1.43. The van der Waals surface area contributed by atoms with Gasteiger partial charge in [0.2, 0.25) is 0 Å². The van der Waals surface area contributed by atoms with Gasteiger partial charge in [0, 0.05) is 10.7 Å². The molecule has 0 fully saturated rings. The van der Waals surface area contributed by atoms with Crippen molar-refractivity contribution in [3.63, 3.8) is 0 Å². The van der Waals surface area contributed by atoms with Crippen molar-refractivity contribution in [3.8, 4) is 0 Å². The van der Waals surface area contributed by atoms with Crippen LogP contribution in [0.2, 0.25) is 0 Å². The number of carbonyl (C=O) groups is 1. The van der Waals surface area contributed by atoms with E-state index in [-0.39, 0.29) is 12.6 Å². The molecule has 0 spiro atoms. The highest BCUT2D eigenvalue weighted by molar-refractivity contribution is 7.17. The number of hydrogen-bond acceptors (Lipinski definition) is 5. The zero-order valence-corrected chi connectivity index (χ0v) is 11.5. The summed E-state index contributed by atoms with van der Waals surface area (Å²) in [5, 5.41) is 12.9. The van der Waals surface area contributed by atoms with Crippen LogP contribution in [0, 0.1) is 0 Å². The van der Waals surface area contributed by atoms with Crippen LogP contribution in [-0.2, 0) is 9.53 Å². The third-order valence-electron chi connectivity index (χ3n) is 2.98. The number of aliphatic hydroxyl groups excluding tert-OH is 1. The molecule has 5 heteroatoms. The zero-order valence-electron chi connectivity index (χ0n) is 10.7. The number of esters is 1. The highest BCUT2D eigenvalue weighted by Gasteiger charge is 2.20. The van der Waals surface area contributed by atoms with Crippen LogP contribution in [0.4, 0.5) is 0 Å². The average Bonchev–Trinajstić information content (AvgIpc) is 2.90. The minimum atomic E-state index is -1.26. The lowest BCUT2D eigenvalue weighted by Crippen LogP contribution is -2.28. The fraction of sp³-hybridized carbons (Fsp3) is 0.357. The van der Waals surface area contributed by atoms with E-state index in [1.807, 2.05) is 24.4 Å². The average molecular weight is 279 g/mol. The molecule has 2 aromatic rings. The van der Waals surface area contributed by atoms with Crippen molar-refractivity contribution < 1.29 is 14.6 Å². The minimum absolute atomic E-state index is 0.132. The maximum absolute atomic E-state index is 11.7. The molecule has 19 heavy (non-hydrogen) atoms. The van der Waals surface area contributed by atoms with Crippen molar-refractivity contribution in [1.29, 1.82) is 0 Å². The Bertz CT molecular complexity index is 567. The monoisotopic (exact) mass is 279 g/mol. The van der Waals surface area contributed by atoms with E-state index in [9.17, 15) is 9.90 Å². The molecular formula is C14H17NO3S. The third-order valence-corrected chi connectivity index (χ3v) is 3.88. The van der Waals surface area contributed by atoms with Crippen LogP contribution in [0.3, 0.4) is 0 Å². The summed E-state index contributed by atoms with van der Waals surface area (Å²) in [5.74, 6) is -0.654. The van der Waals surface area contributed by atoms with Crippen LogP contribution in [0.15, 0.2) is 29.6 Å². The second-order valence-electron chi connectivity index (χ2n) is 4.42. The second kappa shape index (κ2) is 6.14. The first kappa shape index (κ1) is 14.0. The maximum atomic E-state index is 11.7. The first-order valence-corrected chi connectivity index (χ1v) is 7.07. The van der Waals surface area contributed by atoms with Crippen molar-refractivity contribution in [2.75, 3.05) is 6.61 Å². The first-order valence-electron chi connectivity index (χ1n) is 6.19. The Kier molecular flexibility index (Phi) is 4.52. The van der Waals surface area contributed by atoms with Gasteiger partial charge in [-0.15, -0.1) is 11.3 Å². The molecule has 0 amide bonds. The first-order chi connectivity index (χ1) is 9.11. The maximum Gasteiger partial charge on any atom is 0.339 e. The third kappa shape index (κ3) is 3.32. The normalized spacial score (nSPS) is 14.3. The molecule has 2 rings (SSSR count). The van der Waals surface area contributed by atoms with E-state index >= 15 is 0 Å². The van der Waals surface area contributed by atoms with Gasteiger partial charge in [-0.1, -0.05) is 13.0 Å². The molecule has 0 aliphatic heterocycles. The van der Waals surface area contributed by atoms with Gasteiger partial charge in [-0.25, -0.2) is 4.79 Å². The molecule has 4 nitrogen and oxygen atoms in total. The molecule has 3 N–H and O–H groups in total. The van der Waals surface area contributed by atoms with E-state index in [1.165, 1.54) is 0 Å². The number of rotatable bonds is 5. The summed E-state index contributed by atoms with van der Waals surface area (Å²) < 4.78 is 6.12. The van der Waals surface area contributed by atoms with Gasteiger partial charge in [0.15, 0.2) is 6.10 Å². The van der Waals surface area contributed by atoms with Gasteiger partial charge in [0.1, 0.15) is 6.61 Å². The van der Waals surface area contributed by atoms with E-state index < -0.39 is 12.1 Å². The van der Waals surface area contributed by atoms with Crippen LogP contribution >= 0.6 is 11.3 Å². The van der Waals surface area contributed by atoms with Gasteiger partial charge in [0.05, 0.1) is 0 Å². The van der Waals surface area contributed by atoms with Gasteiger partial charge >= 0.3 is 5.97 Å². The fourth-order valence-corrected chi connectivity index (χ4v) is 2.45. The molecular weight excluding hydrogens is 262 g/mol. The summed E-state index contributed by atoms with van der Waals surface area (Å²) in [7, 11) is 0. The van der Waals surface area contributed by atoms with E-state index in [2.05, 4.69) is 0 Å². The van der Waals surface area contributed by atoms with Gasteiger partial charge in [-0.2, -0.15) is 0 Å². The highest BCUT2D eigenvalue weighted by atomic mass is 32.1. The van der Waals surface area contributed by atoms with Crippen LogP contribution in [0.1, 0.15) is 25.0 Å². The lowest BCUT2D eigenvalue weighted by molar-refractivity contribution is -0.154. The Balaban J connectivity index is 2.05. The van der Waals surface area contributed by atoms with E-state index in [1.54, 1.807) is 23.5 Å². The van der Waals surface area contributed by atoms with Gasteiger partial charge < -0.3 is 15.6 Å². The van der Waals surface area contributed by atoms with Crippen molar-refractivity contribution >= 4 is 27.4 Å². The quantitative estimate of drug-likeness (QED) is 0.823. The smallest absolute Gasteiger partial charge is 0.339 e. The summed E-state index contributed by atoms with van der Waals surface area (Å²) in [4.78, 5) is 11.7. The molecule has 1 heterocycles. The van der Waals surface area contributed by atoms with Gasteiger partial charge in [-0.05, 0) is 40.9 Å². The molecule has 2 atom stereocenters. The number of ether oxygens (including phenoxy) is 1. The molecule has 0 bridgehead atoms. The number of nitrogens with two attached hydrogens (primary N) is 1. The summed E-state index contributed by atoms with van der Waals surface area (Å²) in [6.07, 6.45) is -0.530. The summed E-state index contributed by atoms with van der Waals surface area (Å²) in [5.41, 5.74) is 6.21. The number of carbonyl (C=O) groups excluding carboxylic acids is 1. The van der Waals surface area contributed by atoms with Crippen LogP contribution < -0.4 is 5.73 Å². The molecule has 0 aliphatic carbocycles. The largest absolute Gasteiger partial charge is 0.462 e. The van der Waals surface area contributed by atoms with Crippen LogP contribution in [0.25, 0.3) is 10.1 Å². The summed E-state index contributed by atoms with van der Waals surface area (Å²) in [6.45, 7) is 2.05. The topological polar surface area (TPSA) is 72.5 Å². The lowest BCUT2D eigenvalue weighted by Gasteiger charge is -2.13. The number of benzene rings is 1. The van der Waals surface area contributed by atoms with E-state index in [0.29, 0.717) is 5.56 Å². The van der Waals surface area contributed by atoms with Crippen molar-refractivity contribution in [3.05, 3.63) is 35.2 Å². The predicted molar refractivity (Wildman–Crippen MR) is 76.0 cm³/mol. The Morgan fingerprint density at radius 2 is 2.26 bits per heavy atom. The standard InChI is InChI=1S/C14H17NO3S/c1-2-11(15)8-18-14(17)13(16)10-3-4-12-9(7-10)5-6-19-12/h3-7,11,13,16H,2,8,15H2,1H3/t11-,13?/m1/s1. The predicted octanol–water partition coefficient (Wildman–Crippen LogP) is 2.22.